The van der Waals surface area contributed by atoms with Gasteiger partial charge in [0.15, 0.2) is 0 Å². The summed E-state index contributed by atoms with van der Waals surface area (Å²) in [5, 5.41) is 20.6. The van der Waals surface area contributed by atoms with Crippen molar-refractivity contribution in [3.63, 3.8) is 0 Å². The molecule has 1 rings (SSSR count). The number of hydrogen-bond donors (Lipinski definition) is 2. The first-order valence-electron chi connectivity index (χ1n) is 9.86. The second kappa shape index (κ2) is 11.9. The van der Waals surface area contributed by atoms with E-state index < -0.39 is 11.7 Å². The van der Waals surface area contributed by atoms with Crippen LogP contribution in [0, 0.1) is 11.8 Å². The number of carbonyl (C=O) groups excluding carboxylic acids is 2. The summed E-state index contributed by atoms with van der Waals surface area (Å²) in [4.78, 5) is 23.2. The number of carbonyl (C=O) groups is 2. The summed E-state index contributed by atoms with van der Waals surface area (Å²) < 4.78 is 4.57. The van der Waals surface area contributed by atoms with Crippen molar-refractivity contribution < 1.29 is 24.5 Å². The van der Waals surface area contributed by atoms with Crippen molar-refractivity contribution in [1.29, 1.82) is 0 Å². The molecule has 2 N–H and O–H groups in total. The van der Waals surface area contributed by atoms with Crippen LogP contribution in [0.2, 0.25) is 0 Å². The Bertz CT molecular complexity index is 569. The summed E-state index contributed by atoms with van der Waals surface area (Å²) in [7, 11) is 1.36. The molecule has 0 spiro atoms. The maximum atomic E-state index is 12.2. The quantitative estimate of drug-likeness (QED) is 0.327. The molecule has 1 aliphatic carbocycles. The molecule has 152 valence electrons. The van der Waals surface area contributed by atoms with Gasteiger partial charge in [-0.2, -0.15) is 0 Å². The van der Waals surface area contributed by atoms with Crippen molar-refractivity contribution in [1.82, 2.24) is 0 Å². The number of allylic oxidation sites excluding steroid dienone is 1. The van der Waals surface area contributed by atoms with Crippen LogP contribution in [0.1, 0.15) is 65.2 Å². The third-order valence-electron chi connectivity index (χ3n) is 5.05. The maximum absolute atomic E-state index is 12.2. The summed E-state index contributed by atoms with van der Waals surface area (Å²) in [6.07, 6.45) is 11.4. The Morgan fingerprint density at radius 3 is 2.81 bits per heavy atom. The van der Waals surface area contributed by atoms with E-state index in [1.807, 2.05) is 19.1 Å². The number of methoxy groups -OCH3 is 1. The van der Waals surface area contributed by atoms with Gasteiger partial charge in [-0.1, -0.05) is 31.9 Å². The molecule has 0 aromatic carbocycles. The molecule has 1 unspecified atom stereocenters. The fourth-order valence-electron chi connectivity index (χ4n) is 3.32. The number of hydrogen-bond acceptors (Lipinski definition) is 5. The molecule has 0 aliphatic heterocycles. The van der Waals surface area contributed by atoms with E-state index in [2.05, 4.69) is 17.4 Å². The van der Waals surface area contributed by atoms with Crippen LogP contribution >= 0.6 is 0 Å². The van der Waals surface area contributed by atoms with E-state index in [9.17, 15) is 19.8 Å². The van der Waals surface area contributed by atoms with E-state index in [1.165, 1.54) is 7.11 Å². The highest BCUT2D eigenvalue weighted by Crippen LogP contribution is 2.33. The lowest BCUT2D eigenvalue weighted by atomic mass is 9.89. The largest absolute Gasteiger partial charge is 0.469 e. The van der Waals surface area contributed by atoms with E-state index in [0.717, 1.165) is 19.3 Å². The second-order valence-electron chi connectivity index (χ2n) is 7.58. The molecule has 1 saturated carbocycles. The molecule has 0 bridgehead atoms. The van der Waals surface area contributed by atoms with Crippen molar-refractivity contribution >= 4 is 11.8 Å². The Morgan fingerprint density at radius 1 is 1.41 bits per heavy atom. The van der Waals surface area contributed by atoms with Crippen molar-refractivity contribution in [2.45, 2.75) is 76.9 Å². The molecule has 1 fully saturated rings. The fourth-order valence-corrected chi connectivity index (χ4v) is 3.32. The number of Topliss-reactive ketones (excluding diaryl/α,β-unsaturated/α-hetero) is 1. The van der Waals surface area contributed by atoms with Gasteiger partial charge < -0.3 is 14.9 Å². The predicted molar refractivity (Wildman–Crippen MR) is 105 cm³/mol. The van der Waals surface area contributed by atoms with Gasteiger partial charge in [0, 0.05) is 24.7 Å². The van der Waals surface area contributed by atoms with Gasteiger partial charge in [0.05, 0.1) is 18.8 Å². The molecule has 0 radical (unpaired) electrons. The zero-order valence-corrected chi connectivity index (χ0v) is 16.8. The Labute approximate surface area is 162 Å². The number of esters is 1. The maximum Gasteiger partial charge on any atom is 0.305 e. The molecule has 0 aromatic heterocycles. The van der Waals surface area contributed by atoms with E-state index in [4.69, 9.17) is 0 Å². The van der Waals surface area contributed by atoms with Crippen LogP contribution in [0.5, 0.6) is 0 Å². The van der Waals surface area contributed by atoms with Gasteiger partial charge in [-0.3, -0.25) is 9.59 Å². The molecular formula is C22H34O5. The minimum Gasteiger partial charge on any atom is -0.469 e. The van der Waals surface area contributed by atoms with E-state index in [-0.39, 0.29) is 30.0 Å². The van der Waals surface area contributed by atoms with Gasteiger partial charge in [0.25, 0.3) is 0 Å². The number of unbranched alkanes of at least 4 members (excludes halogenated alkanes) is 1. The van der Waals surface area contributed by atoms with Crippen molar-refractivity contribution in [2.75, 3.05) is 7.11 Å². The molecule has 4 atom stereocenters. The Hall–Kier alpha value is -1.68. The third-order valence-corrected chi connectivity index (χ3v) is 5.05. The lowest BCUT2D eigenvalue weighted by molar-refractivity contribution is -0.140. The molecular weight excluding hydrogens is 344 g/mol. The van der Waals surface area contributed by atoms with Crippen LogP contribution in [-0.2, 0) is 14.3 Å². The summed E-state index contributed by atoms with van der Waals surface area (Å²) in [6, 6.07) is 0. The van der Waals surface area contributed by atoms with Gasteiger partial charge in [0.1, 0.15) is 5.78 Å². The third kappa shape index (κ3) is 8.70. The number of ether oxygens (including phenoxy) is 1. The molecule has 0 saturated heterocycles. The van der Waals surface area contributed by atoms with Gasteiger partial charge in [0.2, 0.25) is 0 Å². The lowest BCUT2D eigenvalue weighted by Gasteiger charge is -2.22. The van der Waals surface area contributed by atoms with Crippen LogP contribution in [0.15, 0.2) is 30.0 Å². The topological polar surface area (TPSA) is 83.8 Å². The van der Waals surface area contributed by atoms with Crippen LogP contribution in [0.25, 0.3) is 0 Å². The van der Waals surface area contributed by atoms with Crippen LogP contribution in [0.4, 0.5) is 0 Å². The smallest absolute Gasteiger partial charge is 0.305 e. The minimum atomic E-state index is -0.752. The summed E-state index contributed by atoms with van der Waals surface area (Å²) in [5.74, 6) is -0.699. The fraction of sp³-hybridized carbons (Fsp3) is 0.682. The normalized spacial score (nSPS) is 24.5. The SMILES string of the molecule is CCCCC(C)(O)C/C=C/[C@H]1[C@H](O)CC(=O)[C@@H]1CC=C=CCCC(=O)OC. The summed E-state index contributed by atoms with van der Waals surface area (Å²) in [6.45, 7) is 3.91. The van der Waals surface area contributed by atoms with Gasteiger partial charge in [-0.05, 0) is 44.8 Å². The van der Waals surface area contributed by atoms with E-state index in [1.54, 1.807) is 12.2 Å². The van der Waals surface area contributed by atoms with E-state index in [0.29, 0.717) is 25.7 Å². The Kier molecular flexibility index (Phi) is 10.3. The first-order chi connectivity index (χ1) is 12.8. The van der Waals surface area contributed by atoms with Gasteiger partial charge >= 0.3 is 5.97 Å². The number of aliphatic hydroxyl groups is 2. The number of ketones is 1. The average molecular weight is 379 g/mol. The highest BCUT2D eigenvalue weighted by atomic mass is 16.5. The molecule has 5 heteroatoms. The van der Waals surface area contributed by atoms with Crippen molar-refractivity contribution in [3.05, 3.63) is 30.0 Å². The summed E-state index contributed by atoms with van der Waals surface area (Å²) in [5.41, 5.74) is 2.24. The average Bonchev–Trinajstić information content (AvgIpc) is 2.89. The van der Waals surface area contributed by atoms with E-state index >= 15 is 0 Å². The standard InChI is InChI=1S/C22H34O5/c1-4-5-14-22(2,26)15-10-12-18-17(19(23)16-20(18)24)11-8-6-7-9-13-21(25)27-3/h7-8,10,12,17-18,20,24,26H,4-5,9,11,13-16H2,1-3H3/b12-10+/t6?,17-,18-,20-,22?/m1/s1. The molecule has 0 aromatic rings. The number of rotatable bonds is 11. The number of aliphatic hydroxyl groups excluding tert-OH is 1. The van der Waals surface area contributed by atoms with Crippen LogP contribution < -0.4 is 0 Å². The molecule has 0 amide bonds. The molecule has 27 heavy (non-hydrogen) atoms. The van der Waals surface area contributed by atoms with Crippen LogP contribution in [-0.4, -0.2) is 40.8 Å². The summed E-state index contributed by atoms with van der Waals surface area (Å²) >= 11 is 0. The highest BCUT2D eigenvalue weighted by molar-refractivity contribution is 5.84. The molecule has 1 aliphatic rings. The Morgan fingerprint density at radius 2 is 2.15 bits per heavy atom. The van der Waals surface area contributed by atoms with Gasteiger partial charge in [-0.15, -0.1) is 5.73 Å². The zero-order chi connectivity index (χ0) is 20.3. The van der Waals surface area contributed by atoms with Crippen molar-refractivity contribution in [2.24, 2.45) is 11.8 Å². The monoisotopic (exact) mass is 378 g/mol. The first-order valence-corrected chi connectivity index (χ1v) is 9.86. The van der Waals surface area contributed by atoms with Crippen LogP contribution in [0.3, 0.4) is 0 Å². The minimum absolute atomic E-state index is 0.0579. The first kappa shape index (κ1) is 23.4. The highest BCUT2D eigenvalue weighted by Gasteiger charge is 2.39. The van der Waals surface area contributed by atoms with Gasteiger partial charge in [-0.25, -0.2) is 0 Å². The predicted octanol–water partition coefficient (Wildman–Crippen LogP) is 3.49. The molecule has 5 nitrogen and oxygen atoms in total. The second-order valence-corrected chi connectivity index (χ2v) is 7.58. The van der Waals surface area contributed by atoms with Crippen molar-refractivity contribution in [3.8, 4) is 0 Å². The zero-order valence-electron chi connectivity index (χ0n) is 16.8. The lowest BCUT2D eigenvalue weighted by Crippen LogP contribution is -2.23. The molecule has 0 heterocycles. The Balaban J connectivity index is 2.59.